The summed E-state index contributed by atoms with van der Waals surface area (Å²) in [6.45, 7) is -0.736. The molecule has 0 fully saturated rings. The van der Waals surface area contributed by atoms with Crippen LogP contribution in [0, 0.1) is 0 Å². The summed E-state index contributed by atoms with van der Waals surface area (Å²) < 4.78 is 29.4. The van der Waals surface area contributed by atoms with Crippen molar-refractivity contribution in [3.63, 3.8) is 0 Å². The molecule has 0 saturated heterocycles. The third-order valence-electron chi connectivity index (χ3n) is 6.34. The number of rotatable bonds is 17. The van der Waals surface area contributed by atoms with Crippen molar-refractivity contribution < 1.29 is 32.7 Å². The molecule has 0 aliphatic rings. The van der Waals surface area contributed by atoms with Gasteiger partial charge in [0, 0.05) is 43.5 Å². The number of amides is 4. The molecule has 43 heavy (non-hydrogen) atoms. The highest BCUT2D eigenvalue weighted by Crippen LogP contribution is 2.30. The van der Waals surface area contributed by atoms with Gasteiger partial charge >= 0.3 is 0 Å². The number of sulfonamides is 1. The zero-order valence-electron chi connectivity index (χ0n) is 23.9. The molecule has 2 aromatic rings. The molecule has 0 bridgehead atoms. The molecule has 3 atom stereocenters. The summed E-state index contributed by atoms with van der Waals surface area (Å²) in [5, 5.41) is 15.5. The fourth-order valence-corrected chi connectivity index (χ4v) is 5.65. The fourth-order valence-electron chi connectivity index (χ4n) is 4.20. The monoisotopic (exact) mass is 621 g/mol. The van der Waals surface area contributed by atoms with E-state index >= 15 is 0 Å². The number of hydrogen-bond donors (Lipinski definition) is 8. The Balaban J connectivity index is 2.28. The van der Waals surface area contributed by atoms with E-state index in [0.29, 0.717) is 10.8 Å². The molecule has 4 amide bonds. The van der Waals surface area contributed by atoms with E-state index in [4.69, 9.17) is 22.9 Å². The second kappa shape index (κ2) is 15.7. The topological polar surface area (TPSA) is 278 Å². The van der Waals surface area contributed by atoms with Gasteiger partial charge in [-0.1, -0.05) is 24.3 Å². The summed E-state index contributed by atoms with van der Waals surface area (Å²) in [4.78, 5) is 54.9. The maximum Gasteiger partial charge on any atom is 0.245 e. The average Bonchev–Trinajstić information content (AvgIpc) is 2.93. The number of guanidine groups is 1. The molecule has 0 heterocycles. The zero-order chi connectivity index (χ0) is 32.3. The standard InChI is InChI=1S/C26H39N9O7S/c1-35(2)20-9-3-7-16-15(20)6-4-10-21(16)43(41,42)34-18(11-12-22(27)37)24(39)33-19(14-36)25(40)32-17(23(28)38)8-5-13-31-26(29)30/h3-4,6-7,9-10,17-19,34,36H,5,8,11-14H2,1-2H3,(H2,27,37)(H2,28,38)(H,32,40)(H,33,39)(H4,29,30,31)/t17-,18-,19-/m0/s1. The van der Waals surface area contributed by atoms with Gasteiger partial charge in [0.2, 0.25) is 33.7 Å². The quantitative estimate of drug-likeness (QED) is 0.0514. The van der Waals surface area contributed by atoms with Crippen LogP contribution < -0.4 is 43.2 Å². The van der Waals surface area contributed by atoms with Crippen molar-refractivity contribution in [2.24, 2.45) is 27.9 Å². The first-order valence-corrected chi connectivity index (χ1v) is 14.7. The molecule has 0 spiro atoms. The summed E-state index contributed by atoms with van der Waals surface area (Å²) >= 11 is 0. The largest absolute Gasteiger partial charge is 0.394 e. The Labute approximate surface area is 249 Å². The average molecular weight is 622 g/mol. The number of nitrogens with zero attached hydrogens (tertiary/aromatic N) is 2. The van der Waals surface area contributed by atoms with Gasteiger partial charge in [-0.25, -0.2) is 8.42 Å². The Bertz CT molecular complexity index is 1460. The first-order valence-electron chi connectivity index (χ1n) is 13.2. The minimum atomic E-state index is -4.37. The number of aliphatic imine (C=N–C) groups is 1. The van der Waals surface area contributed by atoms with Crippen molar-refractivity contribution >= 4 is 56.1 Å². The SMILES string of the molecule is CN(C)c1cccc2c(S(=O)(=O)N[C@@H](CCC(N)=O)C(=O)N[C@@H](CO)C(=O)N[C@@H](CCCN=C(N)N)C(N)=O)cccc12. The molecule has 2 aromatic carbocycles. The zero-order valence-corrected chi connectivity index (χ0v) is 24.8. The van der Waals surface area contributed by atoms with E-state index in [1.165, 1.54) is 6.07 Å². The number of hydrogen-bond acceptors (Lipinski definition) is 9. The van der Waals surface area contributed by atoms with E-state index in [1.54, 1.807) is 24.3 Å². The third kappa shape index (κ3) is 10.1. The lowest BCUT2D eigenvalue weighted by molar-refractivity contribution is -0.133. The van der Waals surface area contributed by atoms with E-state index in [1.807, 2.05) is 25.1 Å². The molecular formula is C26H39N9O7S. The Kier molecular flexibility index (Phi) is 12.6. The van der Waals surface area contributed by atoms with Gasteiger partial charge in [-0.2, -0.15) is 4.72 Å². The molecule has 17 heteroatoms. The first kappa shape index (κ1) is 34.7. The van der Waals surface area contributed by atoms with Crippen molar-refractivity contribution in [3.8, 4) is 0 Å². The van der Waals surface area contributed by atoms with Crippen LogP contribution in [0.4, 0.5) is 5.69 Å². The van der Waals surface area contributed by atoms with E-state index < -0.39 is 58.4 Å². The van der Waals surface area contributed by atoms with E-state index in [2.05, 4.69) is 20.3 Å². The molecular weight excluding hydrogens is 582 g/mol. The van der Waals surface area contributed by atoms with Crippen molar-refractivity contribution in [2.45, 2.75) is 48.7 Å². The third-order valence-corrected chi connectivity index (χ3v) is 7.87. The number of carbonyl (C=O) groups excluding carboxylic acids is 4. The number of aliphatic hydroxyl groups is 1. The highest BCUT2D eigenvalue weighted by molar-refractivity contribution is 7.89. The van der Waals surface area contributed by atoms with Crippen molar-refractivity contribution in [3.05, 3.63) is 36.4 Å². The van der Waals surface area contributed by atoms with Crippen LogP contribution in [0.15, 0.2) is 46.3 Å². The lowest BCUT2D eigenvalue weighted by atomic mass is 10.1. The van der Waals surface area contributed by atoms with Crippen LogP contribution in [0.25, 0.3) is 10.8 Å². The van der Waals surface area contributed by atoms with Crippen LogP contribution in [-0.2, 0) is 29.2 Å². The van der Waals surface area contributed by atoms with Crippen molar-refractivity contribution in [1.82, 2.24) is 15.4 Å². The number of benzene rings is 2. The second-order valence-corrected chi connectivity index (χ2v) is 11.5. The predicted molar refractivity (Wildman–Crippen MR) is 161 cm³/mol. The van der Waals surface area contributed by atoms with E-state index in [9.17, 15) is 32.7 Å². The van der Waals surface area contributed by atoms with Crippen LogP contribution in [0.3, 0.4) is 0 Å². The van der Waals surface area contributed by atoms with Gasteiger partial charge in [-0.05, 0) is 31.4 Å². The Morgan fingerprint density at radius 2 is 1.49 bits per heavy atom. The van der Waals surface area contributed by atoms with E-state index in [0.717, 1.165) is 5.69 Å². The molecule has 0 saturated carbocycles. The number of nitrogens with two attached hydrogens (primary N) is 4. The van der Waals surface area contributed by atoms with Gasteiger partial charge in [0.25, 0.3) is 0 Å². The molecule has 0 aliphatic carbocycles. The van der Waals surface area contributed by atoms with Gasteiger partial charge in [0.15, 0.2) is 5.96 Å². The molecule has 236 valence electrons. The van der Waals surface area contributed by atoms with Gasteiger partial charge in [-0.15, -0.1) is 0 Å². The first-order chi connectivity index (χ1) is 20.2. The number of aliphatic hydroxyl groups excluding tert-OH is 1. The highest BCUT2D eigenvalue weighted by atomic mass is 32.2. The smallest absolute Gasteiger partial charge is 0.245 e. The van der Waals surface area contributed by atoms with Crippen molar-refractivity contribution in [1.29, 1.82) is 0 Å². The van der Waals surface area contributed by atoms with E-state index in [-0.39, 0.29) is 43.1 Å². The van der Waals surface area contributed by atoms with Gasteiger partial charge in [0.05, 0.1) is 11.5 Å². The van der Waals surface area contributed by atoms with Crippen LogP contribution in [-0.4, -0.2) is 88.5 Å². The summed E-state index contributed by atoms with van der Waals surface area (Å²) in [5.41, 5.74) is 21.9. The molecule has 0 aliphatic heterocycles. The number of carbonyl (C=O) groups is 4. The van der Waals surface area contributed by atoms with Crippen LogP contribution in [0.1, 0.15) is 25.7 Å². The summed E-state index contributed by atoms with van der Waals surface area (Å²) in [5.74, 6) is -3.79. The van der Waals surface area contributed by atoms with Crippen LogP contribution in [0.5, 0.6) is 0 Å². The fraction of sp³-hybridized carbons (Fsp3) is 0.423. The Morgan fingerprint density at radius 1 is 0.884 bits per heavy atom. The lowest BCUT2D eigenvalue weighted by Gasteiger charge is -2.24. The number of fused-ring (bicyclic) bond motifs is 1. The molecule has 2 rings (SSSR count). The Hall–Kier alpha value is -4.48. The van der Waals surface area contributed by atoms with Crippen LogP contribution in [0.2, 0.25) is 0 Å². The maximum atomic E-state index is 13.5. The summed E-state index contributed by atoms with van der Waals surface area (Å²) in [6.07, 6.45) is -0.367. The molecule has 16 nitrogen and oxygen atoms in total. The van der Waals surface area contributed by atoms with Crippen molar-refractivity contribution in [2.75, 3.05) is 32.1 Å². The maximum absolute atomic E-state index is 13.5. The van der Waals surface area contributed by atoms with Crippen LogP contribution >= 0.6 is 0 Å². The predicted octanol–water partition coefficient (Wildman–Crippen LogP) is -2.68. The minimum Gasteiger partial charge on any atom is -0.394 e. The number of primary amides is 2. The molecule has 0 aromatic heterocycles. The molecule has 0 unspecified atom stereocenters. The van der Waals surface area contributed by atoms with Gasteiger partial charge in [0.1, 0.15) is 18.1 Å². The molecule has 12 N–H and O–H groups in total. The highest BCUT2D eigenvalue weighted by Gasteiger charge is 2.31. The minimum absolute atomic E-state index is 0.0611. The lowest BCUT2D eigenvalue weighted by Crippen LogP contribution is -2.57. The number of anilines is 1. The van der Waals surface area contributed by atoms with Gasteiger partial charge < -0.3 is 43.6 Å². The summed E-state index contributed by atoms with van der Waals surface area (Å²) in [7, 11) is -0.748. The normalized spacial score (nSPS) is 13.4. The Morgan fingerprint density at radius 3 is 2.07 bits per heavy atom. The van der Waals surface area contributed by atoms with Gasteiger partial charge in [-0.3, -0.25) is 24.2 Å². The summed E-state index contributed by atoms with van der Waals surface area (Å²) in [6, 6.07) is 5.50. The molecule has 0 radical (unpaired) electrons. The second-order valence-electron chi connectivity index (χ2n) is 9.86. The number of nitrogens with one attached hydrogen (secondary N) is 3.